The zero-order valence-corrected chi connectivity index (χ0v) is 10.1. The zero-order chi connectivity index (χ0) is 13.2. The van der Waals surface area contributed by atoms with E-state index in [-0.39, 0.29) is 22.9 Å². The third kappa shape index (κ3) is 2.33. The molecule has 18 heavy (non-hydrogen) atoms. The Morgan fingerprint density at radius 1 is 1.39 bits per heavy atom. The van der Waals surface area contributed by atoms with Crippen molar-refractivity contribution in [3.8, 4) is 0 Å². The van der Waals surface area contributed by atoms with Gasteiger partial charge < -0.3 is 10.7 Å². The van der Waals surface area contributed by atoms with Gasteiger partial charge in [-0.3, -0.25) is 10.1 Å². The van der Waals surface area contributed by atoms with Crippen LogP contribution in [0.4, 0.5) is 17.3 Å². The average Bonchev–Trinajstić information content (AvgIpc) is 2.75. The normalized spacial score (nSPS) is 17.4. The summed E-state index contributed by atoms with van der Waals surface area (Å²) in [6.07, 6.45) is 5.43. The number of nitro groups is 1. The van der Waals surface area contributed by atoms with Gasteiger partial charge in [-0.25, -0.2) is 15.8 Å². The van der Waals surface area contributed by atoms with Gasteiger partial charge in [-0.2, -0.15) is 0 Å². The summed E-state index contributed by atoms with van der Waals surface area (Å²) in [6.45, 7) is 2.04. The molecule has 0 saturated heterocycles. The lowest BCUT2D eigenvalue weighted by atomic mass is 10.0. The Balaban J connectivity index is 2.35. The van der Waals surface area contributed by atoms with Crippen LogP contribution in [0.2, 0.25) is 0 Å². The molecule has 0 spiro atoms. The number of nitrogen functional groups attached to an aromatic ring is 1. The minimum atomic E-state index is -0.532. The lowest BCUT2D eigenvalue weighted by molar-refractivity contribution is -0.383. The molecule has 98 valence electrons. The first kappa shape index (κ1) is 12.5. The van der Waals surface area contributed by atoms with Crippen molar-refractivity contribution >= 4 is 17.3 Å². The third-order valence-corrected chi connectivity index (χ3v) is 3.27. The molecule has 1 saturated carbocycles. The van der Waals surface area contributed by atoms with Gasteiger partial charge >= 0.3 is 5.69 Å². The molecule has 1 fully saturated rings. The molecule has 0 aromatic carbocycles. The standard InChI is InChI=1S/C10H16N6O2/c1-10(4-2-3-5-10)14-8-7(16(17)18)9(15-11)13-6-12-8/h6H,2-5,11H2,1H3,(H2,12,13,14,15). The average molecular weight is 252 g/mol. The van der Waals surface area contributed by atoms with Crippen molar-refractivity contribution in [1.29, 1.82) is 0 Å². The minimum Gasteiger partial charge on any atom is -0.359 e. The molecule has 0 bridgehead atoms. The van der Waals surface area contributed by atoms with Crippen molar-refractivity contribution < 1.29 is 4.92 Å². The number of nitrogens with zero attached hydrogens (tertiary/aromatic N) is 3. The summed E-state index contributed by atoms with van der Waals surface area (Å²) in [5.74, 6) is 5.45. The van der Waals surface area contributed by atoms with E-state index in [0.29, 0.717) is 0 Å². The Bertz CT molecular complexity index is 458. The number of nitrogens with two attached hydrogens (primary N) is 1. The fourth-order valence-electron chi connectivity index (χ4n) is 2.31. The van der Waals surface area contributed by atoms with E-state index in [1.807, 2.05) is 6.92 Å². The number of hydrogen-bond donors (Lipinski definition) is 3. The Labute approximate surface area is 104 Å². The monoisotopic (exact) mass is 252 g/mol. The lowest BCUT2D eigenvalue weighted by Crippen LogP contribution is -2.32. The van der Waals surface area contributed by atoms with Crippen LogP contribution in [-0.4, -0.2) is 20.4 Å². The fourth-order valence-corrected chi connectivity index (χ4v) is 2.31. The molecule has 0 atom stereocenters. The second-order valence-corrected chi connectivity index (χ2v) is 4.71. The molecular formula is C10H16N6O2. The predicted molar refractivity (Wildman–Crippen MR) is 67.0 cm³/mol. The van der Waals surface area contributed by atoms with Gasteiger partial charge in [0.2, 0.25) is 11.6 Å². The van der Waals surface area contributed by atoms with Gasteiger partial charge in [0.05, 0.1) is 4.92 Å². The molecule has 8 nitrogen and oxygen atoms in total. The summed E-state index contributed by atoms with van der Waals surface area (Å²) in [7, 11) is 0. The fraction of sp³-hybridized carbons (Fsp3) is 0.600. The molecule has 2 rings (SSSR count). The van der Waals surface area contributed by atoms with E-state index in [1.165, 1.54) is 6.33 Å². The second-order valence-electron chi connectivity index (χ2n) is 4.71. The summed E-state index contributed by atoms with van der Waals surface area (Å²) in [5, 5.41) is 14.2. The molecular weight excluding hydrogens is 236 g/mol. The van der Waals surface area contributed by atoms with Gasteiger partial charge in [-0.05, 0) is 19.8 Å². The van der Waals surface area contributed by atoms with E-state index in [9.17, 15) is 10.1 Å². The summed E-state index contributed by atoms with van der Waals surface area (Å²) in [4.78, 5) is 18.2. The number of rotatable bonds is 4. The first-order chi connectivity index (χ1) is 8.56. The summed E-state index contributed by atoms with van der Waals surface area (Å²) < 4.78 is 0. The Hall–Kier alpha value is -1.96. The van der Waals surface area contributed by atoms with Crippen LogP contribution in [0.5, 0.6) is 0 Å². The molecule has 0 radical (unpaired) electrons. The van der Waals surface area contributed by atoms with E-state index >= 15 is 0 Å². The van der Waals surface area contributed by atoms with Crippen molar-refractivity contribution in [2.75, 3.05) is 10.7 Å². The Morgan fingerprint density at radius 2 is 2.00 bits per heavy atom. The van der Waals surface area contributed by atoms with Crippen LogP contribution in [0.1, 0.15) is 32.6 Å². The maximum absolute atomic E-state index is 11.1. The molecule has 1 aromatic rings. The summed E-state index contributed by atoms with van der Waals surface area (Å²) in [6, 6.07) is 0. The quantitative estimate of drug-likeness (QED) is 0.421. The van der Waals surface area contributed by atoms with Crippen LogP contribution in [0.25, 0.3) is 0 Å². The maximum Gasteiger partial charge on any atom is 0.354 e. The van der Waals surface area contributed by atoms with E-state index in [2.05, 4.69) is 20.7 Å². The van der Waals surface area contributed by atoms with Crippen molar-refractivity contribution in [2.45, 2.75) is 38.1 Å². The third-order valence-electron chi connectivity index (χ3n) is 3.27. The molecule has 0 unspecified atom stereocenters. The molecule has 1 aliphatic rings. The van der Waals surface area contributed by atoms with Crippen LogP contribution < -0.4 is 16.6 Å². The first-order valence-electron chi connectivity index (χ1n) is 5.80. The highest BCUT2D eigenvalue weighted by Crippen LogP contribution is 2.36. The summed E-state index contributed by atoms with van der Waals surface area (Å²) in [5.41, 5.74) is 1.86. The minimum absolute atomic E-state index is 0.0131. The van der Waals surface area contributed by atoms with Gasteiger partial charge in [-0.1, -0.05) is 12.8 Å². The maximum atomic E-state index is 11.1. The Morgan fingerprint density at radius 3 is 2.56 bits per heavy atom. The predicted octanol–water partition coefficient (Wildman–Crippen LogP) is 1.41. The highest BCUT2D eigenvalue weighted by atomic mass is 16.6. The van der Waals surface area contributed by atoms with Gasteiger partial charge in [0.15, 0.2) is 0 Å². The first-order valence-corrected chi connectivity index (χ1v) is 5.80. The van der Waals surface area contributed by atoms with E-state index in [0.717, 1.165) is 25.7 Å². The van der Waals surface area contributed by atoms with Crippen LogP contribution >= 0.6 is 0 Å². The summed E-state index contributed by atoms with van der Waals surface area (Å²) >= 11 is 0. The van der Waals surface area contributed by atoms with E-state index in [4.69, 9.17) is 5.84 Å². The molecule has 0 aliphatic heterocycles. The molecule has 0 amide bonds. The van der Waals surface area contributed by atoms with Crippen LogP contribution in [0.3, 0.4) is 0 Å². The highest BCUT2D eigenvalue weighted by Gasteiger charge is 2.32. The molecule has 8 heteroatoms. The number of hydrogen-bond acceptors (Lipinski definition) is 7. The van der Waals surface area contributed by atoms with Crippen molar-refractivity contribution in [3.05, 3.63) is 16.4 Å². The second kappa shape index (κ2) is 4.73. The lowest BCUT2D eigenvalue weighted by Gasteiger charge is -2.25. The van der Waals surface area contributed by atoms with Crippen LogP contribution in [0.15, 0.2) is 6.33 Å². The van der Waals surface area contributed by atoms with Crippen molar-refractivity contribution in [3.63, 3.8) is 0 Å². The van der Waals surface area contributed by atoms with E-state index < -0.39 is 4.92 Å². The largest absolute Gasteiger partial charge is 0.359 e. The van der Waals surface area contributed by atoms with Gasteiger partial charge in [0.25, 0.3) is 0 Å². The van der Waals surface area contributed by atoms with E-state index in [1.54, 1.807) is 0 Å². The highest BCUT2D eigenvalue weighted by molar-refractivity contribution is 5.69. The number of hydrazine groups is 1. The van der Waals surface area contributed by atoms with Gasteiger partial charge in [0.1, 0.15) is 6.33 Å². The smallest absolute Gasteiger partial charge is 0.354 e. The van der Waals surface area contributed by atoms with Gasteiger partial charge in [0, 0.05) is 5.54 Å². The number of nitrogens with one attached hydrogen (secondary N) is 2. The number of anilines is 2. The van der Waals surface area contributed by atoms with Crippen LogP contribution in [0, 0.1) is 10.1 Å². The number of aromatic nitrogens is 2. The molecule has 1 aliphatic carbocycles. The molecule has 1 aromatic heterocycles. The zero-order valence-electron chi connectivity index (χ0n) is 10.1. The van der Waals surface area contributed by atoms with Crippen LogP contribution in [-0.2, 0) is 0 Å². The molecule has 1 heterocycles. The SMILES string of the molecule is CC1(Nc2ncnc(NN)c2[N+](=O)[O-])CCCC1. The van der Waals surface area contributed by atoms with Crippen molar-refractivity contribution in [2.24, 2.45) is 5.84 Å². The molecule has 4 N–H and O–H groups in total. The Kier molecular flexibility index (Phi) is 3.28. The van der Waals surface area contributed by atoms with Crippen molar-refractivity contribution in [1.82, 2.24) is 9.97 Å². The van der Waals surface area contributed by atoms with Gasteiger partial charge in [-0.15, -0.1) is 0 Å². The topological polar surface area (TPSA) is 119 Å².